The number of nitrogens with one attached hydrogen (secondary N) is 1. The van der Waals surface area contributed by atoms with E-state index in [-0.39, 0.29) is 5.91 Å². The molecule has 1 heterocycles. The molecular formula is C16H19N3O. The molecule has 0 aliphatic heterocycles. The number of benzene rings is 1. The lowest BCUT2D eigenvalue weighted by atomic mass is 10.1. The molecule has 0 spiro atoms. The smallest absolute Gasteiger partial charge is 0.251 e. The van der Waals surface area contributed by atoms with Gasteiger partial charge in [0.15, 0.2) is 0 Å². The first-order valence-electron chi connectivity index (χ1n) is 6.76. The van der Waals surface area contributed by atoms with Crippen LogP contribution in [0.25, 0.3) is 0 Å². The van der Waals surface area contributed by atoms with Crippen molar-refractivity contribution in [2.24, 2.45) is 5.73 Å². The average molecular weight is 269 g/mol. The number of pyridine rings is 1. The molecule has 104 valence electrons. The predicted octanol–water partition coefficient (Wildman–Crippen LogP) is 1.90. The molecule has 1 aromatic heterocycles. The maximum atomic E-state index is 11.9. The zero-order chi connectivity index (χ0) is 14.2. The van der Waals surface area contributed by atoms with E-state index >= 15 is 0 Å². The molecule has 1 amide bonds. The molecule has 0 aliphatic carbocycles. The number of nitrogens with zero attached hydrogens (tertiary/aromatic N) is 1. The first kappa shape index (κ1) is 14.2. The normalized spacial score (nSPS) is 10.2. The Morgan fingerprint density at radius 2 is 2.00 bits per heavy atom. The molecule has 0 unspecified atom stereocenters. The van der Waals surface area contributed by atoms with Gasteiger partial charge in [-0.15, -0.1) is 0 Å². The number of carbonyl (C=O) groups excluding carboxylic acids is 1. The summed E-state index contributed by atoms with van der Waals surface area (Å²) >= 11 is 0. The highest BCUT2D eigenvalue weighted by molar-refractivity contribution is 5.94. The van der Waals surface area contributed by atoms with Crippen molar-refractivity contribution in [3.05, 3.63) is 65.5 Å². The summed E-state index contributed by atoms with van der Waals surface area (Å²) in [4.78, 5) is 16.0. The van der Waals surface area contributed by atoms with Crippen LogP contribution in [0.15, 0.2) is 48.7 Å². The van der Waals surface area contributed by atoms with Crippen molar-refractivity contribution in [1.82, 2.24) is 10.3 Å². The van der Waals surface area contributed by atoms with Gasteiger partial charge in [0, 0.05) is 24.8 Å². The fourth-order valence-corrected chi connectivity index (χ4v) is 1.97. The SMILES string of the molecule is NCc1cc(C(=O)NCCCc2ccccc2)ccn1. The second-order valence-corrected chi connectivity index (χ2v) is 4.59. The molecule has 0 bridgehead atoms. The van der Waals surface area contributed by atoms with Crippen molar-refractivity contribution in [3.63, 3.8) is 0 Å². The van der Waals surface area contributed by atoms with Gasteiger partial charge >= 0.3 is 0 Å². The van der Waals surface area contributed by atoms with E-state index in [2.05, 4.69) is 22.4 Å². The van der Waals surface area contributed by atoms with Crippen LogP contribution in [0.4, 0.5) is 0 Å². The summed E-state index contributed by atoms with van der Waals surface area (Å²) < 4.78 is 0. The Morgan fingerprint density at radius 3 is 2.75 bits per heavy atom. The third-order valence-electron chi connectivity index (χ3n) is 3.06. The Morgan fingerprint density at radius 1 is 1.20 bits per heavy atom. The van der Waals surface area contributed by atoms with Gasteiger partial charge in [0.1, 0.15) is 0 Å². The molecule has 0 aliphatic rings. The van der Waals surface area contributed by atoms with E-state index in [0.717, 1.165) is 18.5 Å². The number of hydrogen-bond acceptors (Lipinski definition) is 3. The van der Waals surface area contributed by atoms with Crippen LogP contribution in [0.5, 0.6) is 0 Å². The van der Waals surface area contributed by atoms with E-state index in [1.807, 2.05) is 18.2 Å². The Labute approximate surface area is 119 Å². The van der Waals surface area contributed by atoms with Crippen LogP contribution in [0.1, 0.15) is 28.0 Å². The Bertz CT molecular complexity index is 555. The molecule has 0 fully saturated rings. The van der Waals surface area contributed by atoms with E-state index in [0.29, 0.717) is 18.7 Å². The molecule has 0 saturated carbocycles. The summed E-state index contributed by atoms with van der Waals surface area (Å²) in [6.45, 7) is 1.00. The fraction of sp³-hybridized carbons (Fsp3) is 0.250. The second kappa shape index (κ2) is 7.40. The summed E-state index contributed by atoms with van der Waals surface area (Å²) in [6, 6.07) is 13.7. The summed E-state index contributed by atoms with van der Waals surface area (Å²) in [5, 5.41) is 2.91. The van der Waals surface area contributed by atoms with Crippen LogP contribution < -0.4 is 11.1 Å². The van der Waals surface area contributed by atoms with Gasteiger partial charge in [-0.05, 0) is 30.5 Å². The highest BCUT2D eigenvalue weighted by Crippen LogP contribution is 2.03. The Hall–Kier alpha value is -2.20. The van der Waals surface area contributed by atoms with Gasteiger partial charge in [-0.2, -0.15) is 0 Å². The number of amides is 1. The molecule has 1 aromatic carbocycles. The number of aromatic nitrogens is 1. The lowest BCUT2D eigenvalue weighted by Gasteiger charge is -2.06. The maximum absolute atomic E-state index is 11.9. The average Bonchev–Trinajstić information content (AvgIpc) is 2.52. The topological polar surface area (TPSA) is 68.0 Å². The Kier molecular flexibility index (Phi) is 5.26. The van der Waals surface area contributed by atoms with Gasteiger partial charge in [0.05, 0.1) is 5.69 Å². The van der Waals surface area contributed by atoms with Gasteiger partial charge in [-0.3, -0.25) is 9.78 Å². The van der Waals surface area contributed by atoms with Gasteiger partial charge in [-0.25, -0.2) is 0 Å². The van der Waals surface area contributed by atoms with E-state index < -0.39 is 0 Å². The maximum Gasteiger partial charge on any atom is 0.251 e. The van der Waals surface area contributed by atoms with Gasteiger partial charge in [-0.1, -0.05) is 30.3 Å². The van der Waals surface area contributed by atoms with Crippen LogP contribution in [-0.2, 0) is 13.0 Å². The molecule has 0 saturated heterocycles. The van der Waals surface area contributed by atoms with Crippen molar-refractivity contribution in [3.8, 4) is 0 Å². The molecule has 2 aromatic rings. The van der Waals surface area contributed by atoms with E-state index in [9.17, 15) is 4.79 Å². The minimum absolute atomic E-state index is 0.0739. The van der Waals surface area contributed by atoms with Crippen LogP contribution in [0.3, 0.4) is 0 Å². The quantitative estimate of drug-likeness (QED) is 0.787. The van der Waals surface area contributed by atoms with Crippen molar-refractivity contribution in [2.75, 3.05) is 6.54 Å². The Balaban J connectivity index is 1.77. The molecule has 4 heteroatoms. The molecule has 3 N–H and O–H groups in total. The lowest BCUT2D eigenvalue weighted by Crippen LogP contribution is -2.25. The molecular weight excluding hydrogens is 250 g/mol. The summed E-state index contributed by atoms with van der Waals surface area (Å²) in [5.41, 5.74) is 8.13. The minimum Gasteiger partial charge on any atom is -0.352 e. The zero-order valence-corrected chi connectivity index (χ0v) is 11.4. The molecule has 4 nitrogen and oxygen atoms in total. The van der Waals surface area contributed by atoms with Gasteiger partial charge < -0.3 is 11.1 Å². The molecule has 0 radical (unpaired) electrons. The van der Waals surface area contributed by atoms with Crippen molar-refractivity contribution < 1.29 is 4.79 Å². The van der Waals surface area contributed by atoms with Crippen LogP contribution in [-0.4, -0.2) is 17.4 Å². The van der Waals surface area contributed by atoms with Crippen LogP contribution >= 0.6 is 0 Å². The lowest BCUT2D eigenvalue weighted by molar-refractivity contribution is 0.0953. The van der Waals surface area contributed by atoms with E-state index in [1.165, 1.54) is 5.56 Å². The number of aryl methyl sites for hydroxylation is 1. The highest BCUT2D eigenvalue weighted by atomic mass is 16.1. The molecule has 20 heavy (non-hydrogen) atoms. The first-order valence-corrected chi connectivity index (χ1v) is 6.76. The largest absolute Gasteiger partial charge is 0.352 e. The van der Waals surface area contributed by atoms with Crippen molar-refractivity contribution in [1.29, 1.82) is 0 Å². The highest BCUT2D eigenvalue weighted by Gasteiger charge is 2.05. The summed E-state index contributed by atoms with van der Waals surface area (Å²) in [7, 11) is 0. The van der Waals surface area contributed by atoms with Crippen molar-refractivity contribution >= 4 is 5.91 Å². The third-order valence-corrected chi connectivity index (χ3v) is 3.06. The second-order valence-electron chi connectivity index (χ2n) is 4.59. The number of carbonyl (C=O) groups is 1. The third kappa shape index (κ3) is 4.17. The molecule has 0 atom stereocenters. The number of rotatable bonds is 6. The number of nitrogens with two attached hydrogens (primary N) is 1. The minimum atomic E-state index is -0.0739. The van der Waals surface area contributed by atoms with E-state index in [4.69, 9.17) is 5.73 Å². The fourth-order valence-electron chi connectivity index (χ4n) is 1.97. The monoisotopic (exact) mass is 269 g/mol. The number of hydrogen-bond donors (Lipinski definition) is 2. The summed E-state index contributed by atoms with van der Waals surface area (Å²) in [6.07, 6.45) is 3.50. The van der Waals surface area contributed by atoms with Crippen molar-refractivity contribution in [2.45, 2.75) is 19.4 Å². The van der Waals surface area contributed by atoms with Gasteiger partial charge in [0.2, 0.25) is 0 Å². The van der Waals surface area contributed by atoms with Crippen LogP contribution in [0, 0.1) is 0 Å². The first-order chi connectivity index (χ1) is 9.79. The zero-order valence-electron chi connectivity index (χ0n) is 11.4. The molecule has 2 rings (SSSR count). The standard InChI is InChI=1S/C16H19N3O/c17-12-15-11-14(8-10-18-15)16(20)19-9-4-7-13-5-2-1-3-6-13/h1-3,5-6,8,10-11H,4,7,9,12,17H2,(H,19,20). The predicted molar refractivity (Wildman–Crippen MR) is 79.2 cm³/mol. The van der Waals surface area contributed by atoms with E-state index in [1.54, 1.807) is 18.3 Å². The summed E-state index contributed by atoms with van der Waals surface area (Å²) in [5.74, 6) is -0.0739. The van der Waals surface area contributed by atoms with Gasteiger partial charge in [0.25, 0.3) is 5.91 Å². The van der Waals surface area contributed by atoms with Crippen LogP contribution in [0.2, 0.25) is 0 Å².